The van der Waals surface area contributed by atoms with Crippen molar-refractivity contribution in [2.75, 3.05) is 13.6 Å². The van der Waals surface area contributed by atoms with Crippen LogP contribution in [0.4, 0.5) is 13.2 Å². The molecule has 4 rings (SSSR count). The van der Waals surface area contributed by atoms with Crippen LogP contribution in [0.25, 0.3) is 0 Å². The average Bonchev–Trinajstić information content (AvgIpc) is 3.11. The molecule has 2 amide bonds. The fourth-order valence-electron chi connectivity index (χ4n) is 4.01. The van der Waals surface area contributed by atoms with Crippen molar-refractivity contribution in [3.63, 3.8) is 0 Å². The van der Waals surface area contributed by atoms with E-state index in [0.717, 1.165) is 23.7 Å². The van der Waals surface area contributed by atoms with Gasteiger partial charge < -0.3 is 15.5 Å². The number of alkyl halides is 3. The summed E-state index contributed by atoms with van der Waals surface area (Å²) in [5, 5.41) is 10.5. The Hall–Kier alpha value is -3.02. The van der Waals surface area contributed by atoms with E-state index in [9.17, 15) is 22.8 Å². The van der Waals surface area contributed by atoms with E-state index >= 15 is 0 Å². The van der Waals surface area contributed by atoms with Crippen molar-refractivity contribution in [3.8, 4) is 0 Å². The maximum Gasteiger partial charge on any atom is 0.451 e. The smallest absolute Gasteiger partial charge is 0.357 e. The van der Waals surface area contributed by atoms with Crippen LogP contribution in [0.1, 0.15) is 59.1 Å². The molecule has 3 atom stereocenters. The number of likely N-dealkylation sites (N-methyl/N-ethyl adjacent to an activating group) is 1. The zero-order valence-corrected chi connectivity index (χ0v) is 17.2. The van der Waals surface area contributed by atoms with Gasteiger partial charge in [-0.05, 0) is 13.8 Å². The van der Waals surface area contributed by atoms with Gasteiger partial charge in [-0.15, -0.1) is 0 Å². The number of carbonyl (C=O) groups excluding carboxylic acids is 2. The van der Waals surface area contributed by atoms with E-state index in [-0.39, 0.29) is 24.4 Å². The summed E-state index contributed by atoms with van der Waals surface area (Å²) in [5.41, 5.74) is 2.19. The number of halogens is 3. The largest absolute Gasteiger partial charge is 0.451 e. The fourth-order valence-corrected chi connectivity index (χ4v) is 4.01. The third-order valence-electron chi connectivity index (χ3n) is 5.77. The minimum absolute atomic E-state index is 0.0250. The van der Waals surface area contributed by atoms with Gasteiger partial charge in [0.15, 0.2) is 0 Å². The Balaban J connectivity index is 1.72. The molecule has 31 heavy (non-hydrogen) atoms. The van der Waals surface area contributed by atoms with Gasteiger partial charge in [-0.25, -0.2) is 14.6 Å². The number of carbonyl (C=O) groups is 2. The molecule has 2 unspecified atom stereocenters. The molecule has 12 heteroatoms. The van der Waals surface area contributed by atoms with Gasteiger partial charge in [0, 0.05) is 49.6 Å². The third kappa shape index (κ3) is 3.64. The molecule has 2 aromatic heterocycles. The first-order valence-corrected chi connectivity index (χ1v) is 9.87. The lowest BCUT2D eigenvalue weighted by Crippen LogP contribution is -2.49. The first kappa shape index (κ1) is 21.2. The van der Waals surface area contributed by atoms with E-state index in [0.29, 0.717) is 24.2 Å². The van der Waals surface area contributed by atoms with Crippen molar-refractivity contribution in [3.05, 3.63) is 40.7 Å². The number of hydrogen-bond donors (Lipinski definition) is 2. The molecular weight excluding hydrogens is 415 g/mol. The van der Waals surface area contributed by atoms with Gasteiger partial charge in [-0.1, -0.05) is 0 Å². The zero-order chi connectivity index (χ0) is 22.5. The number of fused-ring (bicyclic) bond motifs is 3. The van der Waals surface area contributed by atoms with Crippen LogP contribution in [-0.4, -0.2) is 56.1 Å². The molecule has 2 aliphatic heterocycles. The van der Waals surface area contributed by atoms with Gasteiger partial charge in [-0.2, -0.15) is 18.3 Å². The molecule has 166 valence electrons. The van der Waals surface area contributed by atoms with E-state index in [4.69, 9.17) is 0 Å². The molecule has 0 bridgehead atoms. The van der Waals surface area contributed by atoms with Crippen LogP contribution < -0.4 is 10.6 Å². The summed E-state index contributed by atoms with van der Waals surface area (Å²) in [6.45, 7) is 4.16. The van der Waals surface area contributed by atoms with Crippen LogP contribution in [-0.2, 0) is 23.9 Å². The summed E-state index contributed by atoms with van der Waals surface area (Å²) in [6.07, 6.45) is -1.89. The second-order valence-electron chi connectivity index (χ2n) is 7.81. The summed E-state index contributed by atoms with van der Waals surface area (Å²) < 4.78 is 39.8. The quantitative estimate of drug-likeness (QED) is 0.749. The van der Waals surface area contributed by atoms with E-state index in [1.54, 1.807) is 6.92 Å². The number of nitrogens with zero attached hydrogens (tertiary/aromatic N) is 5. The molecule has 4 heterocycles. The van der Waals surface area contributed by atoms with E-state index in [1.807, 2.05) is 6.92 Å². The molecular formula is C19H22F3N7O2. The minimum Gasteiger partial charge on any atom is -0.357 e. The van der Waals surface area contributed by atoms with Crippen molar-refractivity contribution in [1.82, 2.24) is 35.3 Å². The molecule has 0 spiro atoms. The van der Waals surface area contributed by atoms with Gasteiger partial charge in [0.2, 0.25) is 11.7 Å². The second-order valence-corrected chi connectivity index (χ2v) is 7.81. The van der Waals surface area contributed by atoms with Crippen LogP contribution in [0.2, 0.25) is 0 Å². The van der Waals surface area contributed by atoms with Crippen LogP contribution in [0.5, 0.6) is 0 Å². The van der Waals surface area contributed by atoms with Crippen LogP contribution in [0, 0.1) is 0 Å². The van der Waals surface area contributed by atoms with Crippen LogP contribution in [0.15, 0.2) is 12.4 Å². The van der Waals surface area contributed by atoms with Gasteiger partial charge in [0.1, 0.15) is 11.7 Å². The van der Waals surface area contributed by atoms with Crippen molar-refractivity contribution in [2.24, 2.45) is 0 Å². The van der Waals surface area contributed by atoms with Crippen molar-refractivity contribution in [2.45, 2.75) is 51.1 Å². The highest BCUT2D eigenvalue weighted by molar-refractivity contribution is 5.97. The summed E-state index contributed by atoms with van der Waals surface area (Å²) in [5.74, 6) is -1.89. The average molecular weight is 437 g/mol. The topological polar surface area (TPSA) is 105 Å². The SMILES string of the molecule is CNC(=O)C1CN([C@@H](C)c2cnc(C(F)(F)F)nc2)C(=O)c2c3c(nn21)CC(C)NC3. The van der Waals surface area contributed by atoms with Crippen molar-refractivity contribution < 1.29 is 22.8 Å². The third-order valence-corrected chi connectivity index (χ3v) is 5.77. The van der Waals surface area contributed by atoms with Gasteiger partial charge in [-0.3, -0.25) is 9.59 Å². The molecule has 0 radical (unpaired) electrons. The molecule has 0 fully saturated rings. The predicted octanol–water partition coefficient (Wildman–Crippen LogP) is 1.23. The standard InChI is InChI=1S/C19H22F3N7O2/c1-9-4-13-12(7-24-9)15-17(31)28(8-14(16(30)23-3)29(15)27-13)10(2)11-5-25-18(26-6-11)19(20,21)22/h5-6,9-10,14,24H,4,7-8H2,1-3H3,(H,23,30)/t9?,10-,14?/m0/s1. The monoisotopic (exact) mass is 437 g/mol. The minimum atomic E-state index is -4.65. The van der Waals surface area contributed by atoms with E-state index < -0.39 is 24.1 Å². The predicted molar refractivity (Wildman–Crippen MR) is 102 cm³/mol. The Labute approximate surface area is 176 Å². The zero-order valence-electron chi connectivity index (χ0n) is 17.2. The number of amides is 2. The molecule has 2 aromatic rings. The normalized spacial score (nSPS) is 22.0. The summed E-state index contributed by atoms with van der Waals surface area (Å²) in [6, 6.07) is -1.20. The molecule has 2 aliphatic rings. The summed E-state index contributed by atoms with van der Waals surface area (Å²) in [7, 11) is 1.50. The molecule has 9 nitrogen and oxygen atoms in total. The molecule has 2 N–H and O–H groups in total. The number of hydrogen-bond acceptors (Lipinski definition) is 6. The Kier molecular flexibility index (Phi) is 5.20. The Morgan fingerprint density at radius 2 is 2.00 bits per heavy atom. The number of aromatic nitrogens is 4. The molecule has 0 aromatic carbocycles. The lowest BCUT2D eigenvalue weighted by Gasteiger charge is -2.37. The van der Waals surface area contributed by atoms with E-state index in [1.165, 1.54) is 16.6 Å². The molecule has 0 saturated carbocycles. The first-order valence-electron chi connectivity index (χ1n) is 9.87. The Bertz CT molecular complexity index is 1020. The van der Waals surface area contributed by atoms with Crippen molar-refractivity contribution >= 4 is 11.8 Å². The fraction of sp³-hybridized carbons (Fsp3) is 0.526. The first-order chi connectivity index (χ1) is 14.6. The van der Waals surface area contributed by atoms with Gasteiger partial charge in [0.05, 0.1) is 18.3 Å². The molecule has 0 aliphatic carbocycles. The van der Waals surface area contributed by atoms with Crippen LogP contribution in [0.3, 0.4) is 0 Å². The Morgan fingerprint density at radius 1 is 1.32 bits per heavy atom. The van der Waals surface area contributed by atoms with Gasteiger partial charge in [0.25, 0.3) is 5.91 Å². The van der Waals surface area contributed by atoms with Crippen LogP contribution >= 0.6 is 0 Å². The molecule has 0 saturated heterocycles. The highest BCUT2D eigenvalue weighted by Crippen LogP contribution is 2.33. The highest BCUT2D eigenvalue weighted by atomic mass is 19.4. The van der Waals surface area contributed by atoms with Crippen molar-refractivity contribution in [1.29, 1.82) is 0 Å². The maximum atomic E-state index is 13.4. The summed E-state index contributed by atoms with van der Waals surface area (Å²) >= 11 is 0. The van der Waals surface area contributed by atoms with E-state index in [2.05, 4.69) is 25.7 Å². The maximum absolute atomic E-state index is 13.4. The van der Waals surface area contributed by atoms with Gasteiger partial charge >= 0.3 is 6.18 Å². The number of rotatable bonds is 3. The number of nitrogens with one attached hydrogen (secondary N) is 2. The lowest BCUT2D eigenvalue weighted by molar-refractivity contribution is -0.145. The highest BCUT2D eigenvalue weighted by Gasteiger charge is 2.42. The second kappa shape index (κ2) is 7.59. The Morgan fingerprint density at radius 3 is 2.61 bits per heavy atom. The lowest BCUT2D eigenvalue weighted by atomic mass is 9.99. The summed E-state index contributed by atoms with van der Waals surface area (Å²) in [4.78, 5) is 34.3.